The fraction of sp³-hybridized carbons (Fsp3) is 0.286. The Bertz CT molecular complexity index is 706. The number of nitrogens with zero attached hydrogens (tertiary/aromatic N) is 1. The third-order valence-electron chi connectivity index (χ3n) is 4.38. The molecular formula is C21H23NOS. The smallest absolute Gasteiger partial charge is 0.119 e. The van der Waals surface area contributed by atoms with E-state index in [0.717, 1.165) is 35.8 Å². The predicted molar refractivity (Wildman–Crippen MR) is 105 cm³/mol. The van der Waals surface area contributed by atoms with Gasteiger partial charge in [0.25, 0.3) is 0 Å². The van der Waals surface area contributed by atoms with Crippen LogP contribution in [0.25, 0.3) is 0 Å². The van der Waals surface area contributed by atoms with Gasteiger partial charge in [-0.15, -0.1) is 0 Å². The summed E-state index contributed by atoms with van der Waals surface area (Å²) in [6.45, 7) is 0.781. The third kappa shape index (κ3) is 4.04. The molecule has 2 nitrogen and oxygen atoms in total. The van der Waals surface area contributed by atoms with Crippen LogP contribution in [-0.2, 0) is 6.54 Å². The molecule has 0 unspecified atom stereocenters. The van der Waals surface area contributed by atoms with Crippen LogP contribution in [0.3, 0.4) is 0 Å². The number of allylic oxidation sites excluding steroid dienone is 1. The van der Waals surface area contributed by atoms with Gasteiger partial charge in [0.05, 0.1) is 7.11 Å². The first-order valence-corrected chi connectivity index (χ1v) is 8.87. The highest BCUT2D eigenvalue weighted by molar-refractivity contribution is 7.81. The van der Waals surface area contributed by atoms with Crippen molar-refractivity contribution in [2.45, 2.75) is 32.2 Å². The van der Waals surface area contributed by atoms with Crippen molar-refractivity contribution >= 4 is 22.9 Å². The summed E-state index contributed by atoms with van der Waals surface area (Å²) in [4.78, 5) is 3.19. The fourth-order valence-electron chi connectivity index (χ4n) is 3.01. The lowest BCUT2D eigenvalue weighted by atomic mass is 9.98. The van der Waals surface area contributed by atoms with E-state index >= 15 is 0 Å². The number of methoxy groups -OCH3 is 1. The van der Waals surface area contributed by atoms with Crippen LogP contribution in [0.1, 0.15) is 31.2 Å². The van der Waals surface area contributed by atoms with Crippen molar-refractivity contribution in [2.75, 3.05) is 12.0 Å². The van der Waals surface area contributed by atoms with Crippen molar-refractivity contribution in [2.24, 2.45) is 0 Å². The monoisotopic (exact) mass is 337 g/mol. The van der Waals surface area contributed by atoms with Gasteiger partial charge in [0.1, 0.15) is 10.7 Å². The molecule has 0 atom stereocenters. The molecule has 3 heteroatoms. The van der Waals surface area contributed by atoms with Crippen LogP contribution >= 0.6 is 12.2 Å². The molecule has 2 aromatic carbocycles. The Balaban J connectivity index is 1.90. The number of ether oxygens (including phenoxy) is 1. The first kappa shape index (κ1) is 16.7. The van der Waals surface area contributed by atoms with Crippen LogP contribution in [0.2, 0.25) is 0 Å². The van der Waals surface area contributed by atoms with Gasteiger partial charge in [0.15, 0.2) is 0 Å². The number of thiocarbonyl (C=S) groups is 1. The maximum atomic E-state index is 5.86. The standard InChI is InChI=1S/C21H23NOS/c1-23-20-14-12-19(13-15-20)22(16-17-8-4-2-5-9-17)21(24)18-10-6-3-7-11-18/h2,4-5,8-10,12-15H,3,6-7,11,16H2,1H3. The van der Waals surface area contributed by atoms with E-state index in [9.17, 15) is 0 Å². The molecule has 3 rings (SSSR count). The van der Waals surface area contributed by atoms with Crippen molar-refractivity contribution in [1.82, 2.24) is 0 Å². The minimum Gasteiger partial charge on any atom is -0.497 e. The lowest BCUT2D eigenvalue weighted by molar-refractivity contribution is 0.415. The Kier molecular flexibility index (Phi) is 5.65. The van der Waals surface area contributed by atoms with Crippen LogP contribution in [0.4, 0.5) is 5.69 Å². The SMILES string of the molecule is COc1ccc(N(Cc2ccccc2)C(=S)C2=CCCCC2)cc1. The number of anilines is 1. The van der Waals surface area contributed by atoms with Gasteiger partial charge in [0, 0.05) is 12.2 Å². The zero-order valence-corrected chi connectivity index (χ0v) is 14.9. The fourth-order valence-corrected chi connectivity index (χ4v) is 3.37. The number of rotatable bonds is 5. The maximum Gasteiger partial charge on any atom is 0.119 e. The van der Waals surface area contributed by atoms with Crippen LogP contribution in [0, 0.1) is 0 Å². The van der Waals surface area contributed by atoms with E-state index in [4.69, 9.17) is 17.0 Å². The van der Waals surface area contributed by atoms with Crippen LogP contribution < -0.4 is 9.64 Å². The molecule has 0 aromatic heterocycles. The number of hydrogen-bond acceptors (Lipinski definition) is 2. The van der Waals surface area contributed by atoms with Crippen LogP contribution in [0.5, 0.6) is 5.75 Å². The van der Waals surface area contributed by atoms with E-state index in [2.05, 4.69) is 47.4 Å². The normalized spacial score (nSPS) is 14.0. The molecule has 0 fully saturated rings. The molecule has 0 aliphatic heterocycles. The van der Waals surface area contributed by atoms with E-state index in [1.54, 1.807) is 7.11 Å². The minimum absolute atomic E-state index is 0.781. The van der Waals surface area contributed by atoms with Gasteiger partial charge in [-0.25, -0.2) is 0 Å². The first-order valence-electron chi connectivity index (χ1n) is 8.47. The lowest BCUT2D eigenvalue weighted by Crippen LogP contribution is -2.30. The minimum atomic E-state index is 0.781. The zero-order valence-electron chi connectivity index (χ0n) is 14.1. The Labute approximate surface area is 149 Å². The second kappa shape index (κ2) is 8.11. The summed E-state index contributed by atoms with van der Waals surface area (Å²) in [5, 5.41) is 0. The molecule has 0 amide bonds. The molecule has 0 spiro atoms. The Morgan fingerprint density at radius 3 is 2.42 bits per heavy atom. The second-order valence-electron chi connectivity index (χ2n) is 6.05. The number of benzene rings is 2. The van der Waals surface area contributed by atoms with Crippen molar-refractivity contribution in [3.05, 3.63) is 71.8 Å². The van der Waals surface area contributed by atoms with E-state index in [0.29, 0.717) is 0 Å². The van der Waals surface area contributed by atoms with Gasteiger partial charge >= 0.3 is 0 Å². The second-order valence-corrected chi connectivity index (χ2v) is 6.44. The molecule has 1 aliphatic carbocycles. The van der Waals surface area contributed by atoms with Crippen molar-refractivity contribution < 1.29 is 4.74 Å². The summed E-state index contributed by atoms with van der Waals surface area (Å²) in [7, 11) is 1.69. The summed E-state index contributed by atoms with van der Waals surface area (Å²) >= 11 is 5.86. The van der Waals surface area contributed by atoms with E-state index in [-0.39, 0.29) is 0 Å². The first-order chi connectivity index (χ1) is 11.8. The molecule has 0 radical (unpaired) electrons. The van der Waals surface area contributed by atoms with E-state index in [1.165, 1.54) is 24.0 Å². The summed E-state index contributed by atoms with van der Waals surface area (Å²) in [6.07, 6.45) is 7.03. The highest BCUT2D eigenvalue weighted by Gasteiger charge is 2.18. The lowest BCUT2D eigenvalue weighted by Gasteiger charge is -2.28. The van der Waals surface area contributed by atoms with Gasteiger partial charge in [-0.1, -0.05) is 48.6 Å². The molecule has 0 bridgehead atoms. The maximum absolute atomic E-state index is 5.86. The van der Waals surface area contributed by atoms with Gasteiger partial charge in [0.2, 0.25) is 0 Å². The van der Waals surface area contributed by atoms with Crippen LogP contribution in [0.15, 0.2) is 66.2 Å². The molecular weight excluding hydrogens is 314 g/mol. The average molecular weight is 337 g/mol. The van der Waals surface area contributed by atoms with Gasteiger partial charge in [-0.2, -0.15) is 0 Å². The van der Waals surface area contributed by atoms with Crippen molar-refractivity contribution in [1.29, 1.82) is 0 Å². The summed E-state index contributed by atoms with van der Waals surface area (Å²) in [6, 6.07) is 18.6. The molecule has 124 valence electrons. The molecule has 0 saturated carbocycles. The third-order valence-corrected chi connectivity index (χ3v) is 4.86. The quantitative estimate of drug-likeness (QED) is 0.666. The molecule has 2 aromatic rings. The highest BCUT2D eigenvalue weighted by atomic mass is 32.1. The highest BCUT2D eigenvalue weighted by Crippen LogP contribution is 2.27. The zero-order chi connectivity index (χ0) is 16.8. The molecule has 0 heterocycles. The van der Waals surface area contributed by atoms with E-state index < -0.39 is 0 Å². The molecule has 0 saturated heterocycles. The summed E-state index contributed by atoms with van der Waals surface area (Å²) in [5.74, 6) is 0.862. The largest absolute Gasteiger partial charge is 0.497 e. The molecule has 1 aliphatic rings. The Morgan fingerprint density at radius 2 is 1.79 bits per heavy atom. The summed E-state index contributed by atoms with van der Waals surface area (Å²) < 4.78 is 5.28. The van der Waals surface area contributed by atoms with Gasteiger partial charge < -0.3 is 9.64 Å². The predicted octanol–water partition coefficient (Wildman–Crippen LogP) is 5.53. The van der Waals surface area contributed by atoms with Gasteiger partial charge in [-0.05, 0) is 61.1 Å². The Hall–Kier alpha value is -2.13. The Morgan fingerprint density at radius 1 is 1.04 bits per heavy atom. The molecule has 0 N–H and O–H groups in total. The van der Waals surface area contributed by atoms with E-state index in [1.807, 2.05) is 18.2 Å². The van der Waals surface area contributed by atoms with Crippen molar-refractivity contribution in [3.63, 3.8) is 0 Å². The average Bonchev–Trinajstić information content (AvgIpc) is 2.67. The van der Waals surface area contributed by atoms with Crippen LogP contribution in [-0.4, -0.2) is 12.1 Å². The molecule has 24 heavy (non-hydrogen) atoms. The topological polar surface area (TPSA) is 12.5 Å². The summed E-state index contributed by atoms with van der Waals surface area (Å²) in [5.41, 5.74) is 3.67. The number of hydrogen-bond donors (Lipinski definition) is 0. The van der Waals surface area contributed by atoms with Crippen molar-refractivity contribution in [3.8, 4) is 5.75 Å². The van der Waals surface area contributed by atoms with Gasteiger partial charge in [-0.3, -0.25) is 0 Å².